The molecule has 4 rings (SSSR count). The monoisotopic (exact) mass is 410 g/mol. The zero-order valence-electron chi connectivity index (χ0n) is 17.8. The predicted molar refractivity (Wildman–Crippen MR) is 119 cm³/mol. The molecule has 30 heavy (non-hydrogen) atoms. The van der Waals surface area contributed by atoms with Crippen LogP contribution in [0.5, 0.6) is 0 Å². The predicted octanol–water partition coefficient (Wildman–Crippen LogP) is 3.19. The molecule has 0 bridgehead atoms. The number of aliphatic imine (C=N–C) groups is 1. The van der Waals surface area contributed by atoms with Gasteiger partial charge in [-0.2, -0.15) is 0 Å². The fourth-order valence-corrected chi connectivity index (χ4v) is 4.04. The van der Waals surface area contributed by atoms with Crippen LogP contribution in [0.2, 0.25) is 0 Å². The molecule has 2 aromatic rings. The summed E-state index contributed by atoms with van der Waals surface area (Å²) in [6, 6.07) is 12.8. The van der Waals surface area contributed by atoms with Gasteiger partial charge in [0, 0.05) is 38.6 Å². The topological polar surface area (TPSA) is 62.0 Å². The summed E-state index contributed by atoms with van der Waals surface area (Å²) in [5.74, 6) is 2.40. The van der Waals surface area contributed by atoms with Crippen LogP contribution in [0.15, 0.2) is 52.1 Å². The van der Waals surface area contributed by atoms with Gasteiger partial charge in [0.25, 0.3) is 0 Å². The van der Waals surface area contributed by atoms with Crippen molar-refractivity contribution >= 4 is 5.96 Å². The Morgan fingerprint density at radius 1 is 1.07 bits per heavy atom. The smallest absolute Gasteiger partial charge is 0.191 e. The maximum atomic E-state index is 5.49. The van der Waals surface area contributed by atoms with Crippen LogP contribution < -0.4 is 10.6 Å². The van der Waals surface area contributed by atoms with Crippen molar-refractivity contribution in [3.05, 3.63) is 59.5 Å². The molecule has 1 unspecified atom stereocenters. The van der Waals surface area contributed by atoms with Crippen LogP contribution in [0, 0.1) is 5.92 Å². The minimum absolute atomic E-state index is 0.562. The molecule has 0 saturated carbocycles. The molecule has 0 amide bonds. The first-order chi connectivity index (χ1) is 14.8. The minimum atomic E-state index is 0.562. The molecule has 2 fully saturated rings. The maximum absolute atomic E-state index is 5.49. The summed E-state index contributed by atoms with van der Waals surface area (Å²) in [7, 11) is 0. The lowest BCUT2D eigenvalue weighted by atomic mass is 10.1. The molecule has 0 aliphatic carbocycles. The van der Waals surface area contributed by atoms with E-state index in [1.54, 1.807) is 6.26 Å². The number of benzene rings is 1. The largest absolute Gasteiger partial charge is 0.469 e. The molecule has 1 aromatic carbocycles. The van der Waals surface area contributed by atoms with E-state index in [1.165, 1.54) is 37.1 Å². The Morgan fingerprint density at radius 2 is 1.90 bits per heavy atom. The number of ether oxygens (including phenoxy) is 1. The second-order valence-corrected chi connectivity index (χ2v) is 8.33. The molecule has 2 aliphatic rings. The summed E-state index contributed by atoms with van der Waals surface area (Å²) in [5, 5.41) is 6.94. The van der Waals surface area contributed by atoms with Crippen LogP contribution in [-0.4, -0.2) is 50.3 Å². The highest BCUT2D eigenvalue weighted by atomic mass is 16.5. The molecule has 0 radical (unpaired) electrons. The lowest BCUT2D eigenvalue weighted by molar-refractivity contribution is 0.186. The third-order valence-electron chi connectivity index (χ3n) is 5.87. The van der Waals surface area contributed by atoms with E-state index < -0.39 is 0 Å². The summed E-state index contributed by atoms with van der Waals surface area (Å²) in [6.45, 7) is 7.58. The Hall–Kier alpha value is -2.31. The first kappa shape index (κ1) is 20.9. The van der Waals surface area contributed by atoms with Gasteiger partial charge in [0.1, 0.15) is 5.76 Å². The molecule has 6 nitrogen and oxygen atoms in total. The number of guanidine groups is 1. The van der Waals surface area contributed by atoms with E-state index in [0.717, 1.165) is 57.4 Å². The summed E-state index contributed by atoms with van der Waals surface area (Å²) >= 11 is 0. The van der Waals surface area contributed by atoms with Crippen LogP contribution >= 0.6 is 0 Å². The van der Waals surface area contributed by atoms with E-state index in [4.69, 9.17) is 14.1 Å². The van der Waals surface area contributed by atoms with Crippen molar-refractivity contribution in [2.24, 2.45) is 10.9 Å². The molecule has 0 spiro atoms. The summed E-state index contributed by atoms with van der Waals surface area (Å²) in [6.07, 6.45) is 6.34. The van der Waals surface area contributed by atoms with Crippen LogP contribution in [0.1, 0.15) is 36.1 Å². The minimum Gasteiger partial charge on any atom is -0.469 e. The van der Waals surface area contributed by atoms with Gasteiger partial charge in [-0.05, 0) is 55.6 Å². The first-order valence-corrected chi connectivity index (χ1v) is 11.3. The standard InChI is InChI=1S/C24H34N4O2/c1-2-13-28(12-1)18-21-7-5-20(6-8-21)16-26-24(27-17-22-10-15-29-19-22)25-11-9-23-4-3-14-30-23/h3-8,14,22H,1-2,9-13,15-19H2,(H2,25,26,27). The van der Waals surface area contributed by atoms with Gasteiger partial charge in [0.15, 0.2) is 5.96 Å². The first-order valence-electron chi connectivity index (χ1n) is 11.3. The number of hydrogen-bond donors (Lipinski definition) is 2. The molecule has 2 saturated heterocycles. The van der Waals surface area contributed by atoms with Gasteiger partial charge in [0.2, 0.25) is 0 Å². The molecular weight excluding hydrogens is 376 g/mol. The second kappa shape index (κ2) is 11.2. The van der Waals surface area contributed by atoms with Gasteiger partial charge in [-0.3, -0.25) is 4.90 Å². The summed E-state index contributed by atoms with van der Waals surface area (Å²) in [5.41, 5.74) is 2.62. The molecule has 162 valence electrons. The molecule has 1 aromatic heterocycles. The third kappa shape index (κ3) is 6.61. The highest BCUT2D eigenvalue weighted by Gasteiger charge is 2.16. The van der Waals surface area contributed by atoms with Crippen molar-refractivity contribution in [2.45, 2.75) is 38.8 Å². The molecule has 6 heteroatoms. The van der Waals surface area contributed by atoms with Gasteiger partial charge in [-0.15, -0.1) is 0 Å². The normalized spacial score (nSPS) is 20.0. The summed E-state index contributed by atoms with van der Waals surface area (Å²) in [4.78, 5) is 7.35. The van der Waals surface area contributed by atoms with E-state index in [1.807, 2.05) is 12.1 Å². The van der Waals surface area contributed by atoms with Crippen molar-refractivity contribution < 1.29 is 9.15 Å². The fraction of sp³-hybridized carbons (Fsp3) is 0.542. The van der Waals surface area contributed by atoms with E-state index >= 15 is 0 Å². The number of furan rings is 1. The average molecular weight is 411 g/mol. The molecule has 2 aliphatic heterocycles. The van der Waals surface area contributed by atoms with Crippen LogP contribution in [0.4, 0.5) is 0 Å². The lowest BCUT2D eigenvalue weighted by Gasteiger charge is -2.15. The Labute approximate surface area is 179 Å². The zero-order chi connectivity index (χ0) is 20.4. The molecule has 1 atom stereocenters. The van der Waals surface area contributed by atoms with E-state index in [9.17, 15) is 0 Å². The SMILES string of the molecule is c1coc(CCNC(=NCc2ccc(CN3CCCC3)cc2)NCC2CCOC2)c1. The molecule has 2 N–H and O–H groups in total. The second-order valence-electron chi connectivity index (χ2n) is 8.33. The Kier molecular flexibility index (Phi) is 7.81. The van der Waals surface area contributed by atoms with Gasteiger partial charge in [-0.25, -0.2) is 4.99 Å². The van der Waals surface area contributed by atoms with Crippen molar-refractivity contribution in [3.63, 3.8) is 0 Å². The summed E-state index contributed by atoms with van der Waals surface area (Å²) < 4.78 is 10.9. The number of likely N-dealkylation sites (tertiary alicyclic amines) is 1. The van der Waals surface area contributed by atoms with Crippen LogP contribution in [0.3, 0.4) is 0 Å². The Balaban J connectivity index is 1.29. The van der Waals surface area contributed by atoms with Crippen LogP contribution in [0.25, 0.3) is 0 Å². The number of nitrogens with one attached hydrogen (secondary N) is 2. The third-order valence-corrected chi connectivity index (χ3v) is 5.87. The van der Waals surface area contributed by atoms with Crippen LogP contribution in [-0.2, 0) is 24.2 Å². The zero-order valence-corrected chi connectivity index (χ0v) is 17.8. The van der Waals surface area contributed by atoms with Crippen molar-refractivity contribution in [3.8, 4) is 0 Å². The number of rotatable bonds is 9. The number of nitrogens with zero attached hydrogens (tertiary/aromatic N) is 2. The highest BCUT2D eigenvalue weighted by molar-refractivity contribution is 5.79. The molecular formula is C24H34N4O2. The lowest BCUT2D eigenvalue weighted by Crippen LogP contribution is -2.40. The average Bonchev–Trinajstić information content (AvgIpc) is 3.55. The van der Waals surface area contributed by atoms with Crippen molar-refractivity contribution in [2.75, 3.05) is 39.4 Å². The molecule has 3 heterocycles. The van der Waals surface area contributed by atoms with Gasteiger partial charge >= 0.3 is 0 Å². The fourth-order valence-electron chi connectivity index (χ4n) is 4.04. The van der Waals surface area contributed by atoms with E-state index in [2.05, 4.69) is 39.8 Å². The van der Waals surface area contributed by atoms with Crippen molar-refractivity contribution in [1.29, 1.82) is 0 Å². The number of hydrogen-bond acceptors (Lipinski definition) is 4. The van der Waals surface area contributed by atoms with E-state index in [0.29, 0.717) is 12.5 Å². The Bertz CT molecular complexity index is 761. The van der Waals surface area contributed by atoms with Gasteiger partial charge in [-0.1, -0.05) is 24.3 Å². The van der Waals surface area contributed by atoms with Gasteiger partial charge < -0.3 is 19.8 Å². The van der Waals surface area contributed by atoms with Crippen molar-refractivity contribution in [1.82, 2.24) is 15.5 Å². The maximum Gasteiger partial charge on any atom is 0.191 e. The Morgan fingerprint density at radius 3 is 2.63 bits per heavy atom. The quantitative estimate of drug-likeness (QED) is 0.491. The van der Waals surface area contributed by atoms with Gasteiger partial charge in [0.05, 0.1) is 19.4 Å². The highest BCUT2D eigenvalue weighted by Crippen LogP contribution is 2.14. The van der Waals surface area contributed by atoms with E-state index in [-0.39, 0.29) is 0 Å².